The van der Waals surface area contributed by atoms with Gasteiger partial charge < -0.3 is 25.9 Å². The maximum absolute atomic E-state index is 13.0. The quantitative estimate of drug-likeness (QED) is 0.0583. The summed E-state index contributed by atoms with van der Waals surface area (Å²) in [6, 6.07) is -0.835. The molecule has 0 aromatic carbocycles. The van der Waals surface area contributed by atoms with Crippen LogP contribution in [0.25, 0.3) is 0 Å². The molecule has 2 fully saturated rings. The van der Waals surface area contributed by atoms with E-state index < -0.39 is 28.7 Å². The molecule has 0 aliphatic carbocycles. The molecule has 2 amide bonds. The summed E-state index contributed by atoms with van der Waals surface area (Å²) in [4.78, 5) is 49.0. The summed E-state index contributed by atoms with van der Waals surface area (Å²) in [5.74, 6) is -1.41. The molecule has 18 heteroatoms. The van der Waals surface area contributed by atoms with E-state index in [1.54, 1.807) is 11.5 Å². The third-order valence-corrected chi connectivity index (χ3v) is 9.32. The number of aromatic nitrogens is 5. The summed E-state index contributed by atoms with van der Waals surface area (Å²) in [6.07, 6.45) is 3.45. The van der Waals surface area contributed by atoms with Crippen LogP contribution in [0.5, 0.6) is 0 Å². The zero-order valence-corrected chi connectivity index (χ0v) is 22.7. The predicted octanol–water partition coefficient (Wildman–Crippen LogP) is 0.202. The first-order valence-electron chi connectivity index (χ1n) is 10.7. The summed E-state index contributed by atoms with van der Waals surface area (Å²) in [7, 11) is 0. The number of nitrogens with one attached hydrogen (secondary N) is 1. The van der Waals surface area contributed by atoms with Gasteiger partial charge in [-0.2, -0.15) is 0 Å². The number of nitrogens with zero attached hydrogens (tertiary/aromatic N) is 7. The van der Waals surface area contributed by atoms with E-state index in [1.807, 2.05) is 6.26 Å². The summed E-state index contributed by atoms with van der Waals surface area (Å²) >= 11 is 5.03. The highest BCUT2D eigenvalue weighted by Gasteiger charge is 2.57. The Labute approximate surface area is 227 Å². The molecule has 3 atom stereocenters. The normalized spacial score (nSPS) is 23.2. The van der Waals surface area contributed by atoms with Crippen molar-refractivity contribution in [3.05, 3.63) is 23.7 Å². The van der Waals surface area contributed by atoms with Crippen LogP contribution >= 0.6 is 46.6 Å². The number of nitrogens with two attached hydrogens (primary N) is 1. The lowest BCUT2D eigenvalue weighted by Gasteiger charge is -2.53. The van der Waals surface area contributed by atoms with Crippen LogP contribution in [0, 0.1) is 5.41 Å². The fourth-order valence-corrected chi connectivity index (χ4v) is 7.05. The van der Waals surface area contributed by atoms with Crippen molar-refractivity contribution in [3.8, 4) is 0 Å². The van der Waals surface area contributed by atoms with Crippen molar-refractivity contribution < 1.29 is 24.3 Å². The SMILES string of the molecule is C=CCn1nnnc1SCC1(C(=O)O)CS[C@@H]2C(NC(=O)C(=NOCSC)c3csc(N)n3)C(=O)N2C1. The summed E-state index contributed by atoms with van der Waals surface area (Å²) in [5.41, 5.74) is 4.63. The highest BCUT2D eigenvalue weighted by atomic mass is 32.2. The molecule has 2 aliphatic heterocycles. The zero-order chi connectivity index (χ0) is 26.6. The summed E-state index contributed by atoms with van der Waals surface area (Å²) < 4.78 is 1.52. The molecule has 0 bridgehead atoms. The van der Waals surface area contributed by atoms with Crippen LogP contribution in [-0.2, 0) is 25.8 Å². The van der Waals surface area contributed by atoms with Crippen LogP contribution in [-0.4, -0.2) is 100 Å². The van der Waals surface area contributed by atoms with Crippen molar-refractivity contribution in [2.24, 2.45) is 10.6 Å². The van der Waals surface area contributed by atoms with Gasteiger partial charge in [-0.15, -0.1) is 46.5 Å². The number of nitrogen functional groups attached to an aromatic ring is 1. The molecule has 198 valence electrons. The van der Waals surface area contributed by atoms with Crippen LogP contribution in [0.2, 0.25) is 0 Å². The number of hydrogen-bond acceptors (Lipinski definition) is 14. The molecule has 2 aliphatic rings. The number of carbonyl (C=O) groups is 3. The Hall–Kier alpha value is -2.83. The molecule has 0 radical (unpaired) electrons. The molecule has 4 rings (SSSR count). The van der Waals surface area contributed by atoms with Gasteiger partial charge in [0.2, 0.25) is 11.1 Å². The number of tetrazole rings is 1. The molecule has 4 N–H and O–H groups in total. The fourth-order valence-electron chi connectivity index (χ4n) is 3.60. The minimum atomic E-state index is -1.21. The number of hydrogen-bond donors (Lipinski definition) is 3. The van der Waals surface area contributed by atoms with Gasteiger partial charge >= 0.3 is 5.97 Å². The van der Waals surface area contributed by atoms with Gasteiger partial charge in [-0.25, -0.2) is 9.67 Å². The average Bonchev–Trinajstić information content (AvgIpc) is 3.52. The molecule has 0 spiro atoms. The number of thioether (sulfide) groups is 3. The first-order chi connectivity index (χ1) is 17.8. The number of amides is 2. The number of allylic oxidation sites excluding steroid dienone is 1. The van der Waals surface area contributed by atoms with Crippen molar-refractivity contribution in [2.75, 3.05) is 36.0 Å². The van der Waals surface area contributed by atoms with E-state index in [0.29, 0.717) is 11.7 Å². The molecule has 4 heterocycles. The highest BCUT2D eigenvalue weighted by molar-refractivity contribution is 8.00. The smallest absolute Gasteiger partial charge is 0.313 e. The maximum atomic E-state index is 13.0. The van der Waals surface area contributed by atoms with Crippen molar-refractivity contribution in [3.63, 3.8) is 0 Å². The third-order valence-electron chi connectivity index (χ3n) is 5.47. The van der Waals surface area contributed by atoms with Gasteiger partial charge in [0.1, 0.15) is 22.5 Å². The predicted molar refractivity (Wildman–Crippen MR) is 141 cm³/mol. The van der Waals surface area contributed by atoms with Crippen molar-refractivity contribution in [1.29, 1.82) is 0 Å². The standard InChI is InChI=1S/C19H23N9O5S4/c1-3-4-28-18(23-25-26-28)37-8-19(16(31)32)6-27-14(30)12(15(27)36-7-19)22-13(29)11(24-33-9-34-2)10-5-35-17(20)21-10/h3,5,12,15H,1,4,6-9H2,2H3,(H2,20,21)(H,22,29)(H,31,32)/t12?,15-,19?/m1/s1. The Morgan fingerprint density at radius 2 is 2.32 bits per heavy atom. The molecular formula is C19H23N9O5S4. The monoisotopic (exact) mass is 585 g/mol. The molecule has 2 saturated heterocycles. The van der Waals surface area contributed by atoms with E-state index in [2.05, 4.69) is 37.6 Å². The van der Waals surface area contributed by atoms with E-state index in [0.717, 1.165) is 11.3 Å². The van der Waals surface area contributed by atoms with E-state index >= 15 is 0 Å². The number of oxime groups is 1. The van der Waals surface area contributed by atoms with E-state index in [4.69, 9.17) is 10.6 Å². The fraction of sp³-hybridized carbons (Fsp3) is 0.474. The van der Waals surface area contributed by atoms with Gasteiger partial charge in [0.25, 0.3) is 5.91 Å². The number of fused-ring (bicyclic) bond motifs is 1. The Kier molecular flexibility index (Phi) is 8.60. The number of anilines is 1. The van der Waals surface area contributed by atoms with Crippen molar-refractivity contribution in [2.45, 2.75) is 23.1 Å². The van der Waals surface area contributed by atoms with Gasteiger partial charge in [0.05, 0.1) is 6.54 Å². The first-order valence-corrected chi connectivity index (χ1v) is 15.0. The number of β-lactam (4-membered cyclic amide) rings is 1. The molecule has 0 saturated carbocycles. The van der Waals surface area contributed by atoms with Gasteiger partial charge in [0.15, 0.2) is 16.8 Å². The Bertz CT molecular complexity index is 1220. The van der Waals surface area contributed by atoms with Crippen LogP contribution in [0.3, 0.4) is 0 Å². The average molecular weight is 586 g/mol. The molecular weight excluding hydrogens is 563 g/mol. The highest BCUT2D eigenvalue weighted by Crippen LogP contribution is 2.44. The van der Waals surface area contributed by atoms with E-state index in [-0.39, 0.29) is 46.4 Å². The Morgan fingerprint density at radius 1 is 1.51 bits per heavy atom. The number of carbonyl (C=O) groups excluding carboxylic acids is 2. The second kappa shape index (κ2) is 11.7. The van der Waals surface area contributed by atoms with Gasteiger partial charge in [-0.1, -0.05) is 23.0 Å². The molecule has 2 aromatic heterocycles. The lowest BCUT2D eigenvalue weighted by molar-refractivity contribution is -0.157. The van der Waals surface area contributed by atoms with Crippen LogP contribution in [0.15, 0.2) is 28.3 Å². The van der Waals surface area contributed by atoms with Gasteiger partial charge in [-0.3, -0.25) is 14.4 Å². The lowest BCUT2D eigenvalue weighted by Crippen LogP contribution is -2.74. The Balaban J connectivity index is 1.42. The lowest BCUT2D eigenvalue weighted by atomic mass is 9.89. The van der Waals surface area contributed by atoms with Crippen LogP contribution in [0.1, 0.15) is 5.69 Å². The van der Waals surface area contributed by atoms with Crippen LogP contribution in [0.4, 0.5) is 5.13 Å². The van der Waals surface area contributed by atoms with Crippen LogP contribution < -0.4 is 11.1 Å². The molecule has 2 aromatic rings. The largest absolute Gasteiger partial charge is 0.481 e. The number of thiazole rings is 1. The first kappa shape index (κ1) is 27.2. The minimum absolute atomic E-state index is 0.00162. The molecule has 37 heavy (non-hydrogen) atoms. The molecule has 2 unspecified atom stereocenters. The second-order valence-corrected chi connectivity index (χ2v) is 11.7. The minimum Gasteiger partial charge on any atom is -0.481 e. The molecule has 14 nitrogen and oxygen atoms in total. The summed E-state index contributed by atoms with van der Waals surface area (Å²) in [6.45, 7) is 4.05. The second-order valence-electron chi connectivity index (χ2n) is 7.97. The summed E-state index contributed by atoms with van der Waals surface area (Å²) in [5, 5.41) is 30.0. The number of rotatable bonds is 12. The zero-order valence-electron chi connectivity index (χ0n) is 19.5. The number of carboxylic acids is 1. The topological polar surface area (TPSA) is 191 Å². The Morgan fingerprint density at radius 3 is 3.00 bits per heavy atom. The van der Waals surface area contributed by atoms with Crippen molar-refractivity contribution in [1.82, 2.24) is 35.4 Å². The number of aliphatic carboxylic acids is 1. The number of carboxylic acid groups (broad SMARTS) is 1. The van der Waals surface area contributed by atoms with Crippen molar-refractivity contribution >= 4 is 75.2 Å². The maximum Gasteiger partial charge on any atom is 0.313 e. The van der Waals surface area contributed by atoms with E-state index in [1.165, 1.54) is 44.9 Å². The third kappa shape index (κ3) is 5.70. The van der Waals surface area contributed by atoms with E-state index in [9.17, 15) is 19.5 Å². The van der Waals surface area contributed by atoms with Gasteiger partial charge in [0, 0.05) is 23.4 Å². The van der Waals surface area contributed by atoms with Gasteiger partial charge in [-0.05, 0) is 16.7 Å².